The minimum absolute atomic E-state index is 0.0645. The van der Waals surface area contributed by atoms with Crippen molar-refractivity contribution in [1.82, 2.24) is 0 Å². The lowest BCUT2D eigenvalue weighted by molar-refractivity contribution is -0.384. The predicted molar refractivity (Wildman–Crippen MR) is 70.1 cm³/mol. The van der Waals surface area contributed by atoms with Crippen LogP contribution in [0, 0.1) is 10.1 Å². The molecule has 1 N–H and O–H groups in total. The van der Waals surface area contributed by atoms with Crippen LogP contribution in [0.2, 0.25) is 0 Å². The summed E-state index contributed by atoms with van der Waals surface area (Å²) >= 11 is 0. The summed E-state index contributed by atoms with van der Waals surface area (Å²) < 4.78 is 0. The van der Waals surface area contributed by atoms with E-state index in [9.17, 15) is 15.2 Å². The maximum atomic E-state index is 10.5. The summed E-state index contributed by atoms with van der Waals surface area (Å²) in [7, 11) is 0. The smallest absolute Gasteiger partial charge is 0.269 e. The Labute approximate surface area is 104 Å². The van der Waals surface area contributed by atoms with Gasteiger partial charge in [0.2, 0.25) is 0 Å². The zero-order valence-electron chi connectivity index (χ0n) is 9.48. The van der Waals surface area contributed by atoms with E-state index in [2.05, 4.69) is 0 Å². The van der Waals surface area contributed by atoms with Crippen molar-refractivity contribution in [2.45, 2.75) is 0 Å². The van der Waals surface area contributed by atoms with E-state index >= 15 is 0 Å². The van der Waals surface area contributed by atoms with E-state index in [4.69, 9.17) is 0 Å². The van der Waals surface area contributed by atoms with Crippen LogP contribution < -0.4 is 0 Å². The van der Waals surface area contributed by atoms with Crippen LogP contribution in [-0.4, -0.2) is 10.0 Å². The molecule has 0 aromatic heterocycles. The SMILES string of the molecule is O=[N+]([O-])c1ccc(/C=C/c2ccccc2O)cc1. The number of phenolic OH excluding ortho intramolecular Hbond substituents is 1. The Morgan fingerprint density at radius 2 is 1.67 bits per heavy atom. The first-order chi connectivity index (χ1) is 8.66. The van der Waals surface area contributed by atoms with E-state index in [-0.39, 0.29) is 11.4 Å². The summed E-state index contributed by atoms with van der Waals surface area (Å²) in [6.07, 6.45) is 3.55. The Morgan fingerprint density at radius 3 is 2.28 bits per heavy atom. The second kappa shape index (κ2) is 5.14. The van der Waals surface area contributed by atoms with Gasteiger partial charge in [0.1, 0.15) is 5.75 Å². The van der Waals surface area contributed by atoms with E-state index in [0.717, 1.165) is 5.56 Å². The Morgan fingerprint density at radius 1 is 1.00 bits per heavy atom. The number of nitrogens with zero attached hydrogens (tertiary/aromatic N) is 1. The number of phenols is 1. The zero-order valence-corrected chi connectivity index (χ0v) is 9.48. The molecule has 0 heterocycles. The molecule has 2 rings (SSSR count). The van der Waals surface area contributed by atoms with Gasteiger partial charge < -0.3 is 5.11 Å². The predicted octanol–water partition coefficient (Wildman–Crippen LogP) is 3.47. The quantitative estimate of drug-likeness (QED) is 0.508. The van der Waals surface area contributed by atoms with Gasteiger partial charge in [0, 0.05) is 17.7 Å². The van der Waals surface area contributed by atoms with Gasteiger partial charge in [0.25, 0.3) is 5.69 Å². The number of hydrogen-bond donors (Lipinski definition) is 1. The van der Waals surface area contributed by atoms with Crippen LogP contribution in [0.4, 0.5) is 5.69 Å². The maximum absolute atomic E-state index is 10.5. The fraction of sp³-hybridized carbons (Fsp3) is 0. The van der Waals surface area contributed by atoms with Gasteiger partial charge in [-0.2, -0.15) is 0 Å². The molecule has 90 valence electrons. The summed E-state index contributed by atoms with van der Waals surface area (Å²) in [4.78, 5) is 10.1. The lowest BCUT2D eigenvalue weighted by Crippen LogP contribution is -1.86. The van der Waals surface area contributed by atoms with Gasteiger partial charge in [-0.05, 0) is 23.8 Å². The molecule has 2 aromatic rings. The van der Waals surface area contributed by atoms with E-state index in [0.29, 0.717) is 5.56 Å². The zero-order chi connectivity index (χ0) is 13.0. The van der Waals surface area contributed by atoms with Crippen molar-refractivity contribution in [1.29, 1.82) is 0 Å². The average Bonchev–Trinajstić information content (AvgIpc) is 2.38. The van der Waals surface area contributed by atoms with Crippen LogP contribution in [0.1, 0.15) is 11.1 Å². The highest BCUT2D eigenvalue weighted by molar-refractivity contribution is 5.72. The topological polar surface area (TPSA) is 63.4 Å². The number of rotatable bonds is 3. The van der Waals surface area contributed by atoms with E-state index in [1.165, 1.54) is 12.1 Å². The van der Waals surface area contributed by atoms with E-state index in [1.54, 1.807) is 42.5 Å². The minimum Gasteiger partial charge on any atom is -0.507 e. The summed E-state index contributed by atoms with van der Waals surface area (Å²) in [5.41, 5.74) is 1.61. The second-order valence-electron chi connectivity index (χ2n) is 3.74. The Hall–Kier alpha value is -2.62. The molecule has 0 bridgehead atoms. The molecule has 0 aliphatic carbocycles. The van der Waals surface area contributed by atoms with Crippen LogP contribution in [-0.2, 0) is 0 Å². The van der Waals surface area contributed by atoms with Crippen molar-refractivity contribution in [2.24, 2.45) is 0 Å². The second-order valence-corrected chi connectivity index (χ2v) is 3.74. The largest absolute Gasteiger partial charge is 0.507 e. The molecule has 0 radical (unpaired) electrons. The number of non-ortho nitro benzene ring substituents is 1. The first-order valence-electron chi connectivity index (χ1n) is 5.37. The van der Waals surface area contributed by atoms with Crippen molar-refractivity contribution in [3.8, 4) is 5.75 Å². The highest BCUT2D eigenvalue weighted by atomic mass is 16.6. The summed E-state index contributed by atoms with van der Waals surface area (Å²) in [6.45, 7) is 0. The third-order valence-corrected chi connectivity index (χ3v) is 2.50. The van der Waals surface area contributed by atoms with Gasteiger partial charge >= 0.3 is 0 Å². The molecule has 0 aliphatic heterocycles. The van der Waals surface area contributed by atoms with Crippen molar-refractivity contribution in [2.75, 3.05) is 0 Å². The molecule has 4 heteroatoms. The lowest BCUT2D eigenvalue weighted by Gasteiger charge is -1.97. The van der Waals surface area contributed by atoms with E-state index < -0.39 is 4.92 Å². The molecular formula is C14H11NO3. The minimum atomic E-state index is -0.434. The normalized spacial score (nSPS) is 10.7. The van der Waals surface area contributed by atoms with Gasteiger partial charge in [-0.3, -0.25) is 10.1 Å². The summed E-state index contributed by atoms with van der Waals surface area (Å²) in [5, 5.41) is 20.1. The number of hydrogen-bond acceptors (Lipinski definition) is 3. The Balaban J connectivity index is 2.19. The van der Waals surface area contributed by atoms with Gasteiger partial charge in [-0.25, -0.2) is 0 Å². The van der Waals surface area contributed by atoms with Crippen molar-refractivity contribution in [3.63, 3.8) is 0 Å². The van der Waals surface area contributed by atoms with Gasteiger partial charge in [0.15, 0.2) is 0 Å². The molecule has 4 nitrogen and oxygen atoms in total. The molecule has 2 aromatic carbocycles. The highest BCUT2D eigenvalue weighted by Gasteiger charge is 2.02. The number of para-hydroxylation sites is 1. The van der Waals surface area contributed by atoms with Crippen LogP contribution in [0.15, 0.2) is 48.5 Å². The van der Waals surface area contributed by atoms with Gasteiger partial charge in [0.05, 0.1) is 4.92 Å². The third-order valence-electron chi connectivity index (χ3n) is 2.50. The van der Waals surface area contributed by atoms with Gasteiger partial charge in [-0.15, -0.1) is 0 Å². The summed E-state index contributed by atoms with van der Waals surface area (Å²) in [6, 6.07) is 13.2. The van der Waals surface area contributed by atoms with Crippen LogP contribution in [0.5, 0.6) is 5.75 Å². The van der Waals surface area contributed by atoms with Gasteiger partial charge in [-0.1, -0.05) is 30.4 Å². The van der Waals surface area contributed by atoms with Crippen molar-refractivity contribution in [3.05, 3.63) is 69.8 Å². The van der Waals surface area contributed by atoms with Crippen molar-refractivity contribution < 1.29 is 10.0 Å². The van der Waals surface area contributed by atoms with Crippen LogP contribution in [0.3, 0.4) is 0 Å². The molecule has 0 atom stereocenters. The summed E-state index contributed by atoms with van der Waals surface area (Å²) in [5.74, 6) is 0.204. The molecular weight excluding hydrogens is 230 g/mol. The third kappa shape index (κ3) is 2.74. The molecule has 0 amide bonds. The van der Waals surface area contributed by atoms with E-state index in [1.807, 2.05) is 6.07 Å². The van der Waals surface area contributed by atoms with Crippen molar-refractivity contribution >= 4 is 17.8 Å². The molecule has 0 aliphatic rings. The lowest BCUT2D eigenvalue weighted by atomic mass is 10.1. The number of aromatic hydroxyl groups is 1. The molecule has 0 saturated heterocycles. The number of benzene rings is 2. The van der Waals surface area contributed by atoms with Crippen LogP contribution >= 0.6 is 0 Å². The number of nitro groups is 1. The molecule has 0 fully saturated rings. The highest BCUT2D eigenvalue weighted by Crippen LogP contribution is 2.19. The number of nitro benzene ring substituents is 1. The maximum Gasteiger partial charge on any atom is 0.269 e. The molecule has 0 unspecified atom stereocenters. The first kappa shape index (κ1) is 11.9. The first-order valence-corrected chi connectivity index (χ1v) is 5.37. The fourth-order valence-corrected chi connectivity index (χ4v) is 1.52. The van der Waals surface area contributed by atoms with Crippen LogP contribution in [0.25, 0.3) is 12.2 Å². The average molecular weight is 241 g/mol. The monoisotopic (exact) mass is 241 g/mol. The fourth-order valence-electron chi connectivity index (χ4n) is 1.52. The Kier molecular flexibility index (Phi) is 3.38. The Bertz CT molecular complexity index is 588. The molecule has 0 saturated carbocycles. The molecule has 0 spiro atoms. The molecule has 18 heavy (non-hydrogen) atoms. The standard InChI is InChI=1S/C14H11NO3/c16-14-4-2-1-3-12(14)8-5-11-6-9-13(10-7-11)15(17)18/h1-10,16H/b8-5+.